The van der Waals surface area contributed by atoms with E-state index in [9.17, 15) is 4.39 Å². The topological polar surface area (TPSA) is 114 Å². The van der Waals surface area contributed by atoms with Gasteiger partial charge in [0, 0.05) is 12.8 Å². The van der Waals surface area contributed by atoms with Gasteiger partial charge >= 0.3 is 0 Å². The molecule has 4 aromatic rings. The van der Waals surface area contributed by atoms with E-state index < -0.39 is 0 Å². The summed E-state index contributed by atoms with van der Waals surface area (Å²) >= 11 is 0.971. The fraction of sp³-hybridized carbons (Fsp3) is 0.316. The van der Waals surface area contributed by atoms with Crippen LogP contribution in [0.3, 0.4) is 0 Å². The normalized spacial score (nSPS) is 16.5. The van der Waals surface area contributed by atoms with Crippen LogP contribution in [0.15, 0.2) is 30.5 Å². The van der Waals surface area contributed by atoms with E-state index in [2.05, 4.69) is 25.3 Å². The molecule has 1 unspecified atom stereocenters. The molecular formula is C19H18FN7O2S. The number of hydrogen-bond acceptors (Lipinski definition) is 9. The number of hydrogen-bond donors (Lipinski definition) is 1. The SMILES string of the molecule is Nc1nc(-c2ccc(F)s2)c2nnn(Cc3ccc(COC4CCOC4)cn3)c2n1. The van der Waals surface area contributed by atoms with E-state index in [4.69, 9.17) is 15.2 Å². The Morgan fingerprint density at radius 1 is 1.27 bits per heavy atom. The van der Waals surface area contributed by atoms with Crippen LogP contribution in [0.2, 0.25) is 0 Å². The second-order valence-corrected chi connectivity index (χ2v) is 7.94. The summed E-state index contributed by atoms with van der Waals surface area (Å²) in [4.78, 5) is 13.6. The van der Waals surface area contributed by atoms with Gasteiger partial charge in [0.2, 0.25) is 5.95 Å². The molecular weight excluding hydrogens is 409 g/mol. The maximum atomic E-state index is 13.5. The van der Waals surface area contributed by atoms with Gasteiger partial charge in [0.05, 0.1) is 36.4 Å². The highest BCUT2D eigenvalue weighted by Gasteiger charge is 2.18. The first-order chi connectivity index (χ1) is 14.7. The Hall–Kier alpha value is -3.02. The van der Waals surface area contributed by atoms with Crippen LogP contribution in [0.1, 0.15) is 17.7 Å². The number of pyridine rings is 1. The van der Waals surface area contributed by atoms with Gasteiger partial charge in [-0.05, 0) is 30.2 Å². The minimum absolute atomic E-state index is 0.0752. The lowest BCUT2D eigenvalue weighted by molar-refractivity contribution is 0.0316. The summed E-state index contributed by atoms with van der Waals surface area (Å²) in [7, 11) is 0. The first-order valence-electron chi connectivity index (χ1n) is 9.41. The predicted octanol–water partition coefficient (Wildman–Crippen LogP) is 2.42. The van der Waals surface area contributed by atoms with Gasteiger partial charge in [-0.3, -0.25) is 4.98 Å². The first-order valence-corrected chi connectivity index (χ1v) is 10.2. The molecule has 0 radical (unpaired) electrons. The number of nitrogen functional groups attached to an aromatic ring is 1. The van der Waals surface area contributed by atoms with Crippen molar-refractivity contribution in [3.8, 4) is 10.6 Å². The van der Waals surface area contributed by atoms with E-state index in [1.165, 1.54) is 6.07 Å². The van der Waals surface area contributed by atoms with Crippen LogP contribution >= 0.6 is 11.3 Å². The third-order valence-electron chi connectivity index (χ3n) is 4.76. The highest BCUT2D eigenvalue weighted by molar-refractivity contribution is 7.13. The van der Waals surface area contributed by atoms with Gasteiger partial charge in [-0.1, -0.05) is 11.3 Å². The van der Waals surface area contributed by atoms with Crippen molar-refractivity contribution >= 4 is 28.4 Å². The zero-order chi connectivity index (χ0) is 20.5. The van der Waals surface area contributed by atoms with Crippen molar-refractivity contribution in [1.82, 2.24) is 29.9 Å². The highest BCUT2D eigenvalue weighted by Crippen LogP contribution is 2.30. The lowest BCUT2D eigenvalue weighted by Crippen LogP contribution is -2.12. The molecule has 1 atom stereocenters. The number of nitrogens with two attached hydrogens (primary N) is 1. The third-order valence-corrected chi connectivity index (χ3v) is 5.64. The molecule has 4 aromatic heterocycles. The summed E-state index contributed by atoms with van der Waals surface area (Å²) < 4.78 is 26.2. The van der Waals surface area contributed by atoms with Crippen LogP contribution in [-0.2, 0) is 22.6 Å². The minimum atomic E-state index is -0.309. The van der Waals surface area contributed by atoms with Crippen molar-refractivity contribution in [2.75, 3.05) is 18.9 Å². The molecule has 1 aliphatic heterocycles. The van der Waals surface area contributed by atoms with Crippen molar-refractivity contribution in [3.63, 3.8) is 0 Å². The molecule has 2 N–H and O–H groups in total. The highest BCUT2D eigenvalue weighted by atomic mass is 32.1. The number of anilines is 1. The van der Waals surface area contributed by atoms with Crippen LogP contribution in [0, 0.1) is 5.13 Å². The number of rotatable bonds is 6. The van der Waals surface area contributed by atoms with Crippen LogP contribution in [-0.4, -0.2) is 49.3 Å². The number of ether oxygens (including phenoxy) is 2. The van der Waals surface area contributed by atoms with Gasteiger partial charge in [-0.2, -0.15) is 9.37 Å². The Morgan fingerprint density at radius 2 is 2.20 bits per heavy atom. The van der Waals surface area contributed by atoms with Crippen LogP contribution in [0.25, 0.3) is 21.7 Å². The molecule has 5 heterocycles. The molecule has 9 nitrogen and oxygen atoms in total. The lowest BCUT2D eigenvalue weighted by Gasteiger charge is -2.10. The van der Waals surface area contributed by atoms with Gasteiger partial charge in [-0.15, -0.1) is 16.4 Å². The number of halogens is 1. The van der Waals surface area contributed by atoms with E-state index in [1.54, 1.807) is 16.9 Å². The maximum absolute atomic E-state index is 13.5. The van der Waals surface area contributed by atoms with Gasteiger partial charge in [-0.25, -0.2) is 9.67 Å². The maximum Gasteiger partial charge on any atom is 0.222 e. The van der Waals surface area contributed by atoms with Crippen molar-refractivity contribution in [1.29, 1.82) is 0 Å². The summed E-state index contributed by atoms with van der Waals surface area (Å²) in [5.74, 6) is 0.0752. The van der Waals surface area contributed by atoms with Gasteiger partial charge in [0.25, 0.3) is 0 Å². The zero-order valence-corrected chi connectivity index (χ0v) is 16.7. The van der Waals surface area contributed by atoms with Gasteiger partial charge < -0.3 is 15.2 Å². The summed E-state index contributed by atoms with van der Waals surface area (Å²) in [5, 5.41) is 8.06. The molecule has 154 valence electrons. The minimum Gasteiger partial charge on any atom is -0.379 e. The van der Waals surface area contributed by atoms with E-state index >= 15 is 0 Å². The van der Waals surface area contributed by atoms with Crippen LogP contribution in [0.4, 0.5) is 10.3 Å². The largest absolute Gasteiger partial charge is 0.379 e. The summed E-state index contributed by atoms with van der Waals surface area (Å²) in [5.41, 5.74) is 9.06. The summed E-state index contributed by atoms with van der Waals surface area (Å²) in [6.45, 7) is 2.27. The third kappa shape index (κ3) is 3.86. The molecule has 11 heteroatoms. The Bertz CT molecular complexity index is 1170. The van der Waals surface area contributed by atoms with Gasteiger partial charge in [0.1, 0.15) is 5.69 Å². The second kappa shape index (κ2) is 8.01. The second-order valence-electron chi connectivity index (χ2n) is 6.91. The van der Waals surface area contributed by atoms with E-state index in [0.29, 0.717) is 41.5 Å². The molecule has 1 saturated heterocycles. The van der Waals surface area contributed by atoms with Crippen LogP contribution < -0.4 is 5.73 Å². The van der Waals surface area contributed by atoms with Crippen molar-refractivity contribution in [3.05, 3.63) is 46.9 Å². The molecule has 1 aliphatic rings. The number of nitrogens with zero attached hydrogens (tertiary/aromatic N) is 6. The van der Waals surface area contributed by atoms with E-state index in [0.717, 1.165) is 35.6 Å². The molecule has 0 spiro atoms. The Balaban J connectivity index is 1.36. The molecule has 0 bridgehead atoms. The Morgan fingerprint density at radius 3 is 2.93 bits per heavy atom. The van der Waals surface area contributed by atoms with Crippen molar-refractivity contribution in [2.24, 2.45) is 0 Å². The molecule has 0 aromatic carbocycles. The molecule has 0 saturated carbocycles. The predicted molar refractivity (Wildman–Crippen MR) is 108 cm³/mol. The zero-order valence-electron chi connectivity index (χ0n) is 15.9. The summed E-state index contributed by atoms with van der Waals surface area (Å²) in [6, 6.07) is 6.90. The van der Waals surface area contributed by atoms with Gasteiger partial charge in [0.15, 0.2) is 16.3 Å². The monoisotopic (exact) mass is 427 g/mol. The fourth-order valence-electron chi connectivity index (χ4n) is 3.24. The summed E-state index contributed by atoms with van der Waals surface area (Å²) in [6.07, 6.45) is 2.87. The quantitative estimate of drug-likeness (QED) is 0.499. The van der Waals surface area contributed by atoms with E-state index in [1.807, 2.05) is 12.1 Å². The average Bonchev–Trinajstić information content (AvgIpc) is 3.49. The fourth-order valence-corrected chi connectivity index (χ4v) is 3.96. The molecule has 0 aliphatic carbocycles. The Kier molecular flexibility index (Phi) is 5.07. The lowest BCUT2D eigenvalue weighted by atomic mass is 10.2. The first kappa shape index (κ1) is 19.0. The molecule has 30 heavy (non-hydrogen) atoms. The molecule has 5 rings (SSSR count). The molecule has 0 amide bonds. The van der Waals surface area contributed by atoms with E-state index in [-0.39, 0.29) is 17.2 Å². The van der Waals surface area contributed by atoms with Crippen molar-refractivity contribution in [2.45, 2.75) is 25.7 Å². The Labute approximate surface area is 174 Å². The smallest absolute Gasteiger partial charge is 0.222 e. The average molecular weight is 427 g/mol. The number of thiophene rings is 1. The van der Waals surface area contributed by atoms with Crippen LogP contribution in [0.5, 0.6) is 0 Å². The number of aromatic nitrogens is 6. The van der Waals surface area contributed by atoms with Crippen molar-refractivity contribution < 1.29 is 13.9 Å². The standard InChI is InChI=1S/C19H18FN7O2S/c20-15-4-3-14(30-15)16-17-18(24-19(21)23-16)27(26-25-17)8-12-2-1-11(7-22-12)9-29-13-5-6-28-10-13/h1-4,7,13H,5-6,8-10H2,(H2,21,23,24). The number of fused-ring (bicyclic) bond motifs is 1. The molecule has 1 fully saturated rings.